The van der Waals surface area contributed by atoms with Crippen molar-refractivity contribution in [2.75, 3.05) is 11.9 Å². The van der Waals surface area contributed by atoms with Gasteiger partial charge in [-0.15, -0.1) is 0 Å². The van der Waals surface area contributed by atoms with Crippen LogP contribution in [-0.2, 0) is 4.57 Å². The van der Waals surface area contributed by atoms with E-state index < -0.39 is 13.6 Å². The summed E-state index contributed by atoms with van der Waals surface area (Å²) in [5.74, 6) is 0.395. The molecule has 0 atom stereocenters. The highest BCUT2D eigenvalue weighted by molar-refractivity contribution is 7.60. The van der Waals surface area contributed by atoms with Crippen LogP contribution in [0.4, 0.5) is 10.5 Å². The summed E-state index contributed by atoms with van der Waals surface area (Å²) in [6, 6.07) is 2.79. The normalized spacial score (nSPS) is 11.6. The second-order valence-electron chi connectivity index (χ2n) is 5.47. The lowest BCUT2D eigenvalue weighted by molar-refractivity contribution is 0.250. The molecular formula is C15H25N2O4P. The molecule has 0 saturated heterocycles. The van der Waals surface area contributed by atoms with E-state index >= 15 is 0 Å². The molecule has 0 bridgehead atoms. The molecule has 22 heavy (non-hydrogen) atoms. The van der Waals surface area contributed by atoms with Gasteiger partial charge in [-0.2, -0.15) is 0 Å². The lowest BCUT2D eigenvalue weighted by Crippen LogP contribution is -2.34. The number of nitrogens with one attached hydrogen (secondary N) is 2. The van der Waals surface area contributed by atoms with E-state index in [2.05, 4.69) is 24.5 Å². The second kappa shape index (κ2) is 7.77. The van der Waals surface area contributed by atoms with Crippen LogP contribution in [0.2, 0.25) is 0 Å². The van der Waals surface area contributed by atoms with Gasteiger partial charge in [-0.25, -0.2) is 4.79 Å². The smallest absolute Gasteiger partial charge is 0.338 e. The molecule has 1 aromatic carbocycles. The second-order valence-corrected chi connectivity index (χ2v) is 7.00. The third kappa shape index (κ3) is 4.83. The summed E-state index contributed by atoms with van der Waals surface area (Å²) in [6.07, 6.45) is 1.93. The molecule has 0 aliphatic heterocycles. The van der Waals surface area contributed by atoms with Crippen molar-refractivity contribution in [2.45, 2.75) is 40.5 Å². The number of aryl methyl sites for hydroxylation is 1. The SMILES string of the molecule is CCC(CC)CNC(=O)Nc1ccc(C)c(C)c1P(=O)(O)O. The first-order chi connectivity index (χ1) is 10.2. The Kier molecular flexibility index (Phi) is 6.60. The molecule has 0 aliphatic rings. The van der Waals surface area contributed by atoms with Gasteiger partial charge in [0.05, 0.1) is 11.0 Å². The number of carbonyl (C=O) groups excluding carboxylic acids is 1. The van der Waals surface area contributed by atoms with E-state index in [9.17, 15) is 19.1 Å². The van der Waals surface area contributed by atoms with Crippen molar-refractivity contribution in [3.63, 3.8) is 0 Å². The number of urea groups is 1. The number of hydrogen-bond acceptors (Lipinski definition) is 2. The number of benzene rings is 1. The summed E-state index contributed by atoms with van der Waals surface area (Å²) in [5, 5.41) is 5.17. The van der Waals surface area contributed by atoms with Gasteiger partial charge in [-0.3, -0.25) is 4.57 Å². The molecule has 0 unspecified atom stereocenters. The molecule has 0 spiro atoms. The average Bonchev–Trinajstić information content (AvgIpc) is 2.42. The predicted molar refractivity (Wildman–Crippen MR) is 88.7 cm³/mol. The quantitative estimate of drug-likeness (QED) is 0.603. The molecule has 124 valence electrons. The van der Waals surface area contributed by atoms with E-state index in [1.807, 2.05) is 0 Å². The first-order valence-electron chi connectivity index (χ1n) is 7.41. The van der Waals surface area contributed by atoms with Gasteiger partial charge in [0.15, 0.2) is 0 Å². The van der Waals surface area contributed by atoms with Crippen LogP contribution < -0.4 is 15.9 Å². The fourth-order valence-electron chi connectivity index (χ4n) is 2.26. The predicted octanol–water partition coefficient (Wildman–Crippen LogP) is 2.66. The van der Waals surface area contributed by atoms with Crippen LogP contribution in [0.5, 0.6) is 0 Å². The third-order valence-electron chi connectivity index (χ3n) is 3.95. The molecule has 6 nitrogen and oxygen atoms in total. The Labute approximate surface area is 131 Å². The summed E-state index contributed by atoms with van der Waals surface area (Å²) >= 11 is 0. The number of anilines is 1. The maximum atomic E-state index is 11.9. The Balaban J connectivity index is 2.92. The molecule has 0 radical (unpaired) electrons. The first kappa shape index (κ1) is 18.7. The van der Waals surface area contributed by atoms with Crippen LogP contribution >= 0.6 is 7.60 Å². The van der Waals surface area contributed by atoms with Gasteiger partial charge < -0.3 is 20.4 Å². The molecule has 1 rings (SSSR count). The van der Waals surface area contributed by atoms with E-state index in [0.717, 1.165) is 18.4 Å². The molecule has 0 aromatic heterocycles. The fourth-order valence-corrected chi connectivity index (χ4v) is 3.32. The van der Waals surface area contributed by atoms with Crippen LogP contribution in [0.25, 0.3) is 0 Å². The minimum atomic E-state index is -4.47. The largest absolute Gasteiger partial charge is 0.358 e. The Morgan fingerprint density at radius 2 is 1.82 bits per heavy atom. The molecular weight excluding hydrogens is 303 g/mol. The van der Waals surface area contributed by atoms with Gasteiger partial charge in [0.1, 0.15) is 0 Å². The van der Waals surface area contributed by atoms with Crippen LogP contribution in [0.1, 0.15) is 37.8 Å². The summed E-state index contributed by atoms with van der Waals surface area (Å²) < 4.78 is 11.7. The maximum Gasteiger partial charge on any atom is 0.358 e. The third-order valence-corrected chi connectivity index (χ3v) is 5.11. The van der Waals surface area contributed by atoms with Crippen molar-refractivity contribution in [1.29, 1.82) is 0 Å². The highest BCUT2D eigenvalue weighted by Gasteiger charge is 2.26. The minimum Gasteiger partial charge on any atom is -0.338 e. The molecule has 4 N–H and O–H groups in total. The molecule has 7 heteroatoms. The van der Waals surface area contributed by atoms with Crippen LogP contribution in [-0.4, -0.2) is 22.4 Å². The van der Waals surface area contributed by atoms with Crippen molar-refractivity contribution in [3.05, 3.63) is 23.3 Å². The molecule has 0 heterocycles. The van der Waals surface area contributed by atoms with Gasteiger partial charge in [-0.1, -0.05) is 32.8 Å². The van der Waals surface area contributed by atoms with Crippen LogP contribution in [0.15, 0.2) is 12.1 Å². The number of hydrogen-bond donors (Lipinski definition) is 4. The zero-order chi connectivity index (χ0) is 16.9. The maximum absolute atomic E-state index is 11.9. The van der Waals surface area contributed by atoms with Gasteiger partial charge in [0, 0.05) is 6.54 Å². The van der Waals surface area contributed by atoms with Crippen molar-refractivity contribution >= 4 is 24.6 Å². The number of carbonyl (C=O) groups is 1. The van der Waals surface area contributed by atoms with E-state index in [-0.39, 0.29) is 11.0 Å². The summed E-state index contributed by atoms with van der Waals surface area (Å²) in [6.45, 7) is 8.06. The van der Waals surface area contributed by atoms with E-state index in [4.69, 9.17) is 0 Å². The van der Waals surface area contributed by atoms with Crippen LogP contribution in [0, 0.1) is 19.8 Å². The average molecular weight is 328 g/mol. The Bertz CT molecular complexity index is 579. The first-order valence-corrected chi connectivity index (χ1v) is 9.03. The van der Waals surface area contributed by atoms with E-state index in [1.54, 1.807) is 19.9 Å². The number of amides is 2. The Morgan fingerprint density at radius 1 is 1.23 bits per heavy atom. The molecule has 0 saturated carbocycles. The Hall–Kier alpha value is -1.36. The number of rotatable bonds is 6. The van der Waals surface area contributed by atoms with Crippen molar-refractivity contribution in [2.24, 2.45) is 5.92 Å². The minimum absolute atomic E-state index is 0.120. The summed E-state index contributed by atoms with van der Waals surface area (Å²) in [4.78, 5) is 31.0. The highest BCUT2D eigenvalue weighted by atomic mass is 31.2. The van der Waals surface area contributed by atoms with Crippen molar-refractivity contribution in [3.8, 4) is 0 Å². The Morgan fingerprint density at radius 3 is 2.32 bits per heavy atom. The van der Waals surface area contributed by atoms with Crippen molar-refractivity contribution in [1.82, 2.24) is 5.32 Å². The van der Waals surface area contributed by atoms with Gasteiger partial charge in [0.25, 0.3) is 0 Å². The zero-order valence-electron chi connectivity index (χ0n) is 13.5. The molecule has 2 amide bonds. The van der Waals surface area contributed by atoms with E-state index in [1.165, 1.54) is 6.07 Å². The van der Waals surface area contributed by atoms with Crippen molar-refractivity contribution < 1.29 is 19.1 Å². The van der Waals surface area contributed by atoms with E-state index in [0.29, 0.717) is 18.0 Å². The fraction of sp³-hybridized carbons (Fsp3) is 0.533. The van der Waals surface area contributed by atoms with Gasteiger partial charge in [-0.05, 0) is 37.0 Å². The molecule has 0 aliphatic carbocycles. The monoisotopic (exact) mass is 328 g/mol. The van der Waals surface area contributed by atoms with Gasteiger partial charge >= 0.3 is 13.6 Å². The lowest BCUT2D eigenvalue weighted by Gasteiger charge is -2.18. The summed E-state index contributed by atoms with van der Waals surface area (Å²) in [5.41, 5.74) is 1.41. The highest BCUT2D eigenvalue weighted by Crippen LogP contribution is 2.38. The standard InChI is InChI=1S/C15H25N2O4P/c1-5-12(6-2)9-16-15(18)17-13-8-7-10(3)11(4)14(13)22(19,20)21/h7-8,12H,5-6,9H2,1-4H3,(H2,16,17,18)(H2,19,20,21). The lowest BCUT2D eigenvalue weighted by atomic mass is 10.0. The zero-order valence-corrected chi connectivity index (χ0v) is 14.4. The molecule has 0 fully saturated rings. The summed E-state index contributed by atoms with van der Waals surface area (Å²) in [7, 11) is -4.47. The topological polar surface area (TPSA) is 98.7 Å². The molecule has 1 aromatic rings. The van der Waals surface area contributed by atoms with Crippen LogP contribution in [0.3, 0.4) is 0 Å². The van der Waals surface area contributed by atoms with Gasteiger partial charge in [0.2, 0.25) is 0 Å².